The maximum Gasteiger partial charge on any atom is 0.274 e. The van der Waals surface area contributed by atoms with Gasteiger partial charge in [0.25, 0.3) is 10.0 Å². The van der Waals surface area contributed by atoms with E-state index in [0.29, 0.717) is 16.7 Å². The molecule has 0 unspecified atom stereocenters. The van der Waals surface area contributed by atoms with Gasteiger partial charge in [-0.15, -0.1) is 0 Å². The summed E-state index contributed by atoms with van der Waals surface area (Å²) in [5, 5.41) is -0.157. The average molecular weight is 279 g/mol. The van der Waals surface area contributed by atoms with Gasteiger partial charge in [0.1, 0.15) is 0 Å². The van der Waals surface area contributed by atoms with Gasteiger partial charge in [-0.05, 0) is 31.7 Å². The molecule has 0 aliphatic carbocycles. The Balaban J connectivity index is 2.58. The van der Waals surface area contributed by atoms with E-state index in [9.17, 15) is 13.2 Å². The van der Waals surface area contributed by atoms with E-state index in [1.165, 1.54) is 20.2 Å². The first-order valence-electron chi connectivity index (χ1n) is 5.58. The van der Waals surface area contributed by atoms with Crippen molar-refractivity contribution in [2.24, 2.45) is 0 Å². The van der Waals surface area contributed by atoms with Gasteiger partial charge in [0, 0.05) is 11.1 Å². The van der Waals surface area contributed by atoms with Crippen LogP contribution in [0.1, 0.15) is 17.3 Å². The number of sulfonamides is 1. The van der Waals surface area contributed by atoms with Crippen LogP contribution in [-0.2, 0) is 10.0 Å². The number of Topliss-reactive ketones (excluding diaryl/α,β-unsaturated/α-hetero) is 1. The number of ketones is 1. The molecule has 2 aromatic rings. The quantitative estimate of drug-likeness (QED) is 0.869. The van der Waals surface area contributed by atoms with Crippen molar-refractivity contribution in [1.82, 2.24) is 4.72 Å². The molecule has 0 aliphatic rings. The second-order valence-corrected chi connectivity index (χ2v) is 5.75. The lowest BCUT2D eigenvalue weighted by atomic mass is 10.0. The number of rotatable bonds is 4. The van der Waals surface area contributed by atoms with Crippen LogP contribution < -0.4 is 4.72 Å². The monoisotopic (exact) mass is 279 g/mol. The SMILES string of the molecule is CNS(=O)(=O)c1occc1-c1cccc(C(C)=O)c1. The highest BCUT2D eigenvalue weighted by molar-refractivity contribution is 7.89. The molecule has 0 radical (unpaired) electrons. The molecule has 0 saturated heterocycles. The highest BCUT2D eigenvalue weighted by Gasteiger charge is 2.21. The van der Waals surface area contributed by atoms with E-state index < -0.39 is 10.0 Å². The molecule has 1 aromatic heterocycles. The van der Waals surface area contributed by atoms with Crippen LogP contribution in [0.2, 0.25) is 0 Å². The van der Waals surface area contributed by atoms with Crippen LogP contribution in [0.15, 0.2) is 46.1 Å². The lowest BCUT2D eigenvalue weighted by Gasteiger charge is -2.04. The van der Waals surface area contributed by atoms with Gasteiger partial charge in [0.2, 0.25) is 5.09 Å². The third-order valence-electron chi connectivity index (χ3n) is 2.72. The predicted octanol–water partition coefficient (Wildman–Crippen LogP) is 2.06. The molecular weight excluding hydrogens is 266 g/mol. The zero-order chi connectivity index (χ0) is 14.0. The number of furan rings is 1. The van der Waals surface area contributed by atoms with Crippen LogP contribution in [-0.4, -0.2) is 21.2 Å². The number of carbonyl (C=O) groups is 1. The largest absolute Gasteiger partial charge is 0.451 e. The normalized spacial score (nSPS) is 11.5. The van der Waals surface area contributed by atoms with E-state index in [0.717, 1.165) is 0 Å². The van der Waals surface area contributed by atoms with Crippen molar-refractivity contribution in [2.45, 2.75) is 12.0 Å². The van der Waals surface area contributed by atoms with Crippen LogP contribution in [0.5, 0.6) is 0 Å². The Hall–Kier alpha value is -1.92. The fourth-order valence-corrected chi connectivity index (χ4v) is 2.56. The van der Waals surface area contributed by atoms with Crippen molar-refractivity contribution >= 4 is 15.8 Å². The minimum atomic E-state index is -3.67. The van der Waals surface area contributed by atoms with Crippen molar-refractivity contribution in [1.29, 1.82) is 0 Å². The molecule has 0 saturated carbocycles. The summed E-state index contributed by atoms with van der Waals surface area (Å²) in [6, 6.07) is 8.31. The van der Waals surface area contributed by atoms with Crippen LogP contribution in [0, 0.1) is 0 Å². The first-order valence-corrected chi connectivity index (χ1v) is 7.06. The van der Waals surface area contributed by atoms with Crippen LogP contribution in [0.25, 0.3) is 11.1 Å². The van der Waals surface area contributed by atoms with Gasteiger partial charge in [-0.1, -0.05) is 18.2 Å². The summed E-state index contributed by atoms with van der Waals surface area (Å²) >= 11 is 0. The number of carbonyl (C=O) groups excluding carboxylic acids is 1. The van der Waals surface area contributed by atoms with Crippen LogP contribution >= 0.6 is 0 Å². The summed E-state index contributed by atoms with van der Waals surface area (Å²) in [5.41, 5.74) is 1.57. The van der Waals surface area contributed by atoms with Gasteiger partial charge in [-0.2, -0.15) is 0 Å². The van der Waals surface area contributed by atoms with E-state index >= 15 is 0 Å². The first kappa shape index (κ1) is 13.5. The zero-order valence-corrected chi connectivity index (χ0v) is 11.3. The molecule has 5 nitrogen and oxygen atoms in total. The molecule has 0 spiro atoms. The van der Waals surface area contributed by atoms with E-state index in [-0.39, 0.29) is 10.9 Å². The summed E-state index contributed by atoms with van der Waals surface area (Å²) in [5.74, 6) is -0.0802. The van der Waals surface area contributed by atoms with Gasteiger partial charge < -0.3 is 4.42 Å². The highest BCUT2D eigenvalue weighted by atomic mass is 32.2. The van der Waals surface area contributed by atoms with Gasteiger partial charge in [0.15, 0.2) is 5.78 Å². The van der Waals surface area contributed by atoms with E-state index in [2.05, 4.69) is 4.72 Å². The average Bonchev–Trinajstić information content (AvgIpc) is 2.89. The molecule has 100 valence electrons. The number of hydrogen-bond acceptors (Lipinski definition) is 4. The number of benzene rings is 1. The number of hydrogen-bond donors (Lipinski definition) is 1. The standard InChI is InChI=1S/C13H13NO4S/c1-9(15)10-4-3-5-11(8-10)12-6-7-18-13(12)19(16,17)14-2/h3-8,14H,1-2H3. The maximum absolute atomic E-state index is 11.8. The van der Waals surface area contributed by atoms with Gasteiger partial charge >= 0.3 is 0 Å². The molecule has 1 aromatic carbocycles. The molecule has 1 N–H and O–H groups in total. The Morgan fingerprint density at radius 2 is 2.00 bits per heavy atom. The number of nitrogens with one attached hydrogen (secondary N) is 1. The van der Waals surface area contributed by atoms with Gasteiger partial charge in [-0.3, -0.25) is 4.79 Å². The van der Waals surface area contributed by atoms with E-state index in [4.69, 9.17) is 4.42 Å². The van der Waals surface area contributed by atoms with Crippen LogP contribution in [0.4, 0.5) is 0 Å². The Morgan fingerprint density at radius 1 is 1.26 bits per heavy atom. The Labute approximate surface area is 111 Å². The molecule has 0 amide bonds. The molecule has 0 bridgehead atoms. The summed E-state index contributed by atoms with van der Waals surface area (Å²) < 4.78 is 30.8. The molecule has 6 heteroatoms. The third kappa shape index (κ3) is 2.59. The topological polar surface area (TPSA) is 76.4 Å². The van der Waals surface area contributed by atoms with Crippen molar-refractivity contribution in [3.63, 3.8) is 0 Å². The second-order valence-electron chi connectivity index (χ2n) is 3.97. The molecule has 0 fully saturated rings. The molecule has 0 aliphatic heterocycles. The summed E-state index contributed by atoms with van der Waals surface area (Å²) in [7, 11) is -2.36. The lowest BCUT2D eigenvalue weighted by Crippen LogP contribution is -2.18. The van der Waals surface area contributed by atoms with Gasteiger partial charge in [0.05, 0.1) is 6.26 Å². The molecule has 1 heterocycles. The lowest BCUT2D eigenvalue weighted by molar-refractivity contribution is 0.101. The maximum atomic E-state index is 11.8. The zero-order valence-electron chi connectivity index (χ0n) is 10.5. The predicted molar refractivity (Wildman–Crippen MR) is 70.4 cm³/mol. The van der Waals surface area contributed by atoms with Crippen molar-refractivity contribution in [3.8, 4) is 11.1 Å². The third-order valence-corrected chi connectivity index (χ3v) is 4.06. The smallest absolute Gasteiger partial charge is 0.274 e. The minimum absolute atomic E-state index is 0.0802. The highest BCUT2D eigenvalue weighted by Crippen LogP contribution is 2.28. The minimum Gasteiger partial charge on any atom is -0.451 e. The van der Waals surface area contributed by atoms with Crippen molar-refractivity contribution < 1.29 is 17.6 Å². The van der Waals surface area contributed by atoms with Crippen LogP contribution in [0.3, 0.4) is 0 Å². The Bertz CT molecular complexity index is 716. The van der Waals surface area contributed by atoms with Crippen molar-refractivity contribution in [3.05, 3.63) is 42.2 Å². The fraction of sp³-hybridized carbons (Fsp3) is 0.154. The van der Waals surface area contributed by atoms with Crippen molar-refractivity contribution in [2.75, 3.05) is 7.05 Å². The van der Waals surface area contributed by atoms with Gasteiger partial charge in [-0.25, -0.2) is 13.1 Å². The summed E-state index contributed by atoms with van der Waals surface area (Å²) in [6.45, 7) is 1.46. The van der Waals surface area contributed by atoms with E-state index in [1.807, 2.05) is 0 Å². The van der Waals surface area contributed by atoms with E-state index in [1.54, 1.807) is 30.3 Å². The molecule has 2 rings (SSSR count). The second kappa shape index (κ2) is 4.99. The first-order chi connectivity index (χ1) is 8.95. The molecular formula is C13H13NO4S. The molecule has 19 heavy (non-hydrogen) atoms. The Kier molecular flexibility index (Phi) is 3.55. The summed E-state index contributed by atoms with van der Waals surface area (Å²) in [6.07, 6.45) is 1.31. The fourth-order valence-electron chi connectivity index (χ4n) is 1.72. The molecule has 0 atom stereocenters. The summed E-state index contributed by atoms with van der Waals surface area (Å²) in [4.78, 5) is 11.4. The Morgan fingerprint density at radius 3 is 2.63 bits per heavy atom.